The maximum absolute atomic E-state index is 11.9. The van der Waals surface area contributed by atoms with Crippen LogP contribution in [0.2, 0.25) is 0 Å². The van der Waals surface area contributed by atoms with E-state index in [-0.39, 0.29) is 10.5 Å². The van der Waals surface area contributed by atoms with Crippen molar-refractivity contribution in [2.24, 2.45) is 12.8 Å². The summed E-state index contributed by atoms with van der Waals surface area (Å²) in [4.78, 5) is 12.1. The number of fused-ring (bicyclic) bond motifs is 1. The lowest BCUT2D eigenvalue weighted by molar-refractivity contribution is 0.623. The summed E-state index contributed by atoms with van der Waals surface area (Å²) in [6.45, 7) is 0. The van der Waals surface area contributed by atoms with E-state index in [1.54, 1.807) is 11.6 Å². The van der Waals surface area contributed by atoms with Crippen LogP contribution in [0, 0.1) is 0 Å². The van der Waals surface area contributed by atoms with Crippen molar-refractivity contribution in [3.05, 3.63) is 33.2 Å². The van der Waals surface area contributed by atoms with E-state index < -0.39 is 0 Å². The number of pyridine rings is 1. The van der Waals surface area contributed by atoms with E-state index in [9.17, 15) is 4.79 Å². The van der Waals surface area contributed by atoms with Gasteiger partial charge in [-0.1, -0.05) is 12.2 Å². The number of rotatable bonds is 1. The molecule has 1 aliphatic rings. The van der Waals surface area contributed by atoms with E-state index in [2.05, 4.69) is 0 Å². The minimum absolute atomic E-state index is 0.0665. The molecule has 1 aliphatic carbocycles. The van der Waals surface area contributed by atoms with Gasteiger partial charge in [-0.2, -0.15) is 0 Å². The molecule has 3 nitrogen and oxygen atoms in total. The van der Waals surface area contributed by atoms with Gasteiger partial charge in [-0.15, -0.1) is 0 Å². The number of thiocarbonyl (C=S) groups is 1. The summed E-state index contributed by atoms with van der Waals surface area (Å²) < 4.78 is 1.70. The highest BCUT2D eigenvalue weighted by Gasteiger charge is 2.16. The van der Waals surface area contributed by atoms with Crippen LogP contribution >= 0.6 is 12.2 Å². The zero-order valence-corrected chi connectivity index (χ0v) is 9.56. The zero-order chi connectivity index (χ0) is 11.0. The van der Waals surface area contributed by atoms with E-state index in [0.29, 0.717) is 5.56 Å². The van der Waals surface area contributed by atoms with Crippen LogP contribution in [0.3, 0.4) is 0 Å². The van der Waals surface area contributed by atoms with Crippen molar-refractivity contribution in [2.75, 3.05) is 0 Å². The molecule has 15 heavy (non-hydrogen) atoms. The van der Waals surface area contributed by atoms with Crippen molar-refractivity contribution in [1.82, 2.24) is 4.57 Å². The number of aryl methyl sites for hydroxylation is 1. The molecule has 1 aromatic rings. The molecule has 4 heteroatoms. The molecule has 2 rings (SSSR count). The Morgan fingerprint density at radius 2 is 2.13 bits per heavy atom. The predicted octanol–water partition coefficient (Wildman–Crippen LogP) is 0.898. The lowest BCUT2D eigenvalue weighted by Gasteiger charge is -2.19. The maximum atomic E-state index is 11.9. The summed E-state index contributed by atoms with van der Waals surface area (Å²) in [5.41, 5.74) is 8.32. The van der Waals surface area contributed by atoms with Crippen molar-refractivity contribution in [1.29, 1.82) is 0 Å². The average molecular weight is 222 g/mol. The Balaban J connectivity index is 2.68. The Morgan fingerprint density at radius 3 is 2.80 bits per heavy atom. The fraction of sp³-hybridized carbons (Fsp3) is 0.455. The Bertz CT molecular complexity index is 476. The third-order valence-electron chi connectivity index (χ3n) is 3.00. The fourth-order valence-electron chi connectivity index (χ4n) is 2.17. The minimum Gasteiger partial charge on any atom is -0.389 e. The quantitative estimate of drug-likeness (QED) is 0.718. The highest BCUT2D eigenvalue weighted by Crippen LogP contribution is 2.19. The number of nitrogens with zero attached hydrogens (tertiary/aromatic N) is 1. The van der Waals surface area contributed by atoms with Crippen molar-refractivity contribution in [2.45, 2.75) is 25.7 Å². The van der Waals surface area contributed by atoms with Gasteiger partial charge in [0.25, 0.3) is 5.56 Å². The van der Waals surface area contributed by atoms with E-state index in [1.807, 2.05) is 6.07 Å². The number of hydrogen-bond acceptors (Lipinski definition) is 2. The largest absolute Gasteiger partial charge is 0.389 e. The maximum Gasteiger partial charge on any atom is 0.260 e. The van der Waals surface area contributed by atoms with Gasteiger partial charge < -0.3 is 10.3 Å². The van der Waals surface area contributed by atoms with Crippen LogP contribution in [0.25, 0.3) is 0 Å². The molecule has 2 N–H and O–H groups in total. The molecule has 0 saturated heterocycles. The molecule has 0 fully saturated rings. The smallest absolute Gasteiger partial charge is 0.260 e. The van der Waals surface area contributed by atoms with Gasteiger partial charge in [0.05, 0.1) is 5.56 Å². The van der Waals surface area contributed by atoms with Crippen LogP contribution in [-0.4, -0.2) is 9.56 Å². The fourth-order valence-corrected chi connectivity index (χ4v) is 2.31. The summed E-state index contributed by atoms with van der Waals surface area (Å²) >= 11 is 4.88. The van der Waals surface area contributed by atoms with Gasteiger partial charge in [0, 0.05) is 12.7 Å². The van der Waals surface area contributed by atoms with E-state index in [4.69, 9.17) is 18.0 Å². The molecule has 0 spiro atoms. The topological polar surface area (TPSA) is 48.0 Å². The molecular formula is C11H14N2OS. The van der Waals surface area contributed by atoms with Crippen LogP contribution in [0.1, 0.15) is 29.7 Å². The zero-order valence-electron chi connectivity index (χ0n) is 8.75. The summed E-state index contributed by atoms with van der Waals surface area (Å²) in [7, 11) is 1.80. The van der Waals surface area contributed by atoms with Crippen LogP contribution in [-0.2, 0) is 19.9 Å². The number of aromatic nitrogens is 1. The molecule has 1 heterocycles. The van der Waals surface area contributed by atoms with E-state index >= 15 is 0 Å². The Morgan fingerprint density at radius 1 is 1.47 bits per heavy atom. The molecule has 0 atom stereocenters. The van der Waals surface area contributed by atoms with Crippen LogP contribution in [0.5, 0.6) is 0 Å². The first-order chi connectivity index (χ1) is 7.11. The van der Waals surface area contributed by atoms with Crippen LogP contribution in [0.4, 0.5) is 0 Å². The van der Waals surface area contributed by atoms with Crippen molar-refractivity contribution in [3.8, 4) is 0 Å². The highest BCUT2D eigenvalue weighted by molar-refractivity contribution is 7.80. The standard InChI is InChI=1S/C11H14N2OS/c1-13-9-5-3-2-4-7(9)6-8(10(12)15)11(13)14/h6H,2-5H2,1H3,(H2,12,15). The Hall–Kier alpha value is -1.16. The SMILES string of the molecule is Cn1c2c(cc(C(N)=S)c1=O)CCCC2. The van der Waals surface area contributed by atoms with Gasteiger partial charge in [0.1, 0.15) is 4.99 Å². The molecular weight excluding hydrogens is 208 g/mol. The first-order valence-corrected chi connectivity index (χ1v) is 5.53. The van der Waals surface area contributed by atoms with Crippen LogP contribution in [0.15, 0.2) is 10.9 Å². The van der Waals surface area contributed by atoms with Gasteiger partial charge >= 0.3 is 0 Å². The molecule has 80 valence electrons. The van der Waals surface area contributed by atoms with Gasteiger partial charge in [-0.05, 0) is 37.3 Å². The van der Waals surface area contributed by atoms with Crippen molar-refractivity contribution >= 4 is 17.2 Å². The summed E-state index contributed by atoms with van der Waals surface area (Å²) in [6.07, 6.45) is 4.35. The predicted molar refractivity (Wildman–Crippen MR) is 64.2 cm³/mol. The van der Waals surface area contributed by atoms with E-state index in [0.717, 1.165) is 25.0 Å². The third-order valence-corrected chi connectivity index (χ3v) is 3.22. The normalized spacial score (nSPS) is 14.7. The molecule has 0 unspecified atom stereocenters. The summed E-state index contributed by atoms with van der Waals surface area (Å²) in [6, 6.07) is 1.87. The average Bonchev–Trinajstić information content (AvgIpc) is 2.23. The molecule has 0 saturated carbocycles. The minimum atomic E-state index is -0.0665. The Kier molecular flexibility index (Phi) is 2.61. The lowest BCUT2D eigenvalue weighted by atomic mass is 9.94. The molecule has 0 bridgehead atoms. The van der Waals surface area contributed by atoms with Crippen molar-refractivity contribution in [3.63, 3.8) is 0 Å². The van der Waals surface area contributed by atoms with Crippen LogP contribution < -0.4 is 11.3 Å². The molecule has 1 aromatic heterocycles. The van der Waals surface area contributed by atoms with Gasteiger partial charge in [-0.25, -0.2) is 0 Å². The summed E-state index contributed by atoms with van der Waals surface area (Å²) in [5.74, 6) is 0. The van der Waals surface area contributed by atoms with E-state index in [1.165, 1.54) is 12.0 Å². The van der Waals surface area contributed by atoms with Gasteiger partial charge in [0.15, 0.2) is 0 Å². The van der Waals surface area contributed by atoms with Gasteiger partial charge in [-0.3, -0.25) is 4.79 Å². The molecule has 0 aromatic carbocycles. The van der Waals surface area contributed by atoms with Crippen molar-refractivity contribution < 1.29 is 0 Å². The second-order valence-electron chi connectivity index (χ2n) is 3.97. The number of nitrogens with two attached hydrogens (primary N) is 1. The molecule has 0 radical (unpaired) electrons. The molecule has 0 aliphatic heterocycles. The highest BCUT2D eigenvalue weighted by atomic mass is 32.1. The molecule has 0 amide bonds. The second kappa shape index (κ2) is 3.77. The monoisotopic (exact) mass is 222 g/mol. The first-order valence-electron chi connectivity index (χ1n) is 5.13. The van der Waals surface area contributed by atoms with Gasteiger partial charge in [0.2, 0.25) is 0 Å². The summed E-state index contributed by atoms with van der Waals surface area (Å²) in [5, 5.41) is 0. The Labute approximate surface area is 93.9 Å². The second-order valence-corrected chi connectivity index (χ2v) is 4.41. The number of hydrogen-bond donors (Lipinski definition) is 1. The third kappa shape index (κ3) is 1.69. The lowest BCUT2D eigenvalue weighted by Crippen LogP contribution is -2.31. The first kappa shape index (κ1) is 10.4.